The van der Waals surface area contributed by atoms with Crippen LogP contribution in [0.5, 0.6) is 0 Å². The first-order valence-electron chi connectivity index (χ1n) is 7.21. The topological polar surface area (TPSA) is 132 Å². The van der Waals surface area contributed by atoms with Crippen molar-refractivity contribution < 1.29 is 4.79 Å². The van der Waals surface area contributed by atoms with Gasteiger partial charge in [-0.1, -0.05) is 12.1 Å². The zero-order valence-corrected chi connectivity index (χ0v) is 12.6. The Balaban J connectivity index is 1.76. The van der Waals surface area contributed by atoms with E-state index in [2.05, 4.69) is 35.7 Å². The predicted molar refractivity (Wildman–Crippen MR) is 85.5 cm³/mol. The van der Waals surface area contributed by atoms with Crippen LogP contribution in [0.3, 0.4) is 0 Å². The zero-order chi connectivity index (χ0) is 16.8. The first-order valence-corrected chi connectivity index (χ1v) is 7.21. The van der Waals surface area contributed by atoms with Crippen LogP contribution < -0.4 is 11.1 Å². The highest BCUT2D eigenvalue weighted by Gasteiger charge is 2.09. The SMILES string of the molecule is NCCNC(=O)c1ccc(-c2nnc(-c3ncccn3)nn2)cc1. The lowest BCUT2D eigenvalue weighted by Gasteiger charge is -2.04. The number of amides is 1. The van der Waals surface area contributed by atoms with Gasteiger partial charge in [0.15, 0.2) is 0 Å². The van der Waals surface area contributed by atoms with E-state index < -0.39 is 0 Å². The second kappa shape index (κ2) is 7.29. The van der Waals surface area contributed by atoms with Gasteiger partial charge in [-0.25, -0.2) is 9.97 Å². The molecule has 0 aliphatic rings. The Labute approximate surface area is 137 Å². The van der Waals surface area contributed by atoms with E-state index in [9.17, 15) is 4.79 Å². The monoisotopic (exact) mass is 322 g/mol. The van der Waals surface area contributed by atoms with Gasteiger partial charge in [0.2, 0.25) is 17.5 Å². The molecule has 1 aromatic carbocycles. The fourth-order valence-corrected chi connectivity index (χ4v) is 1.91. The minimum absolute atomic E-state index is 0.180. The van der Waals surface area contributed by atoms with Crippen molar-refractivity contribution in [2.75, 3.05) is 13.1 Å². The molecule has 0 atom stereocenters. The zero-order valence-electron chi connectivity index (χ0n) is 12.6. The van der Waals surface area contributed by atoms with Crippen molar-refractivity contribution >= 4 is 5.91 Å². The summed E-state index contributed by atoms with van der Waals surface area (Å²) < 4.78 is 0. The van der Waals surface area contributed by atoms with E-state index in [-0.39, 0.29) is 11.7 Å². The third-order valence-electron chi connectivity index (χ3n) is 3.08. The molecular weight excluding hydrogens is 308 g/mol. The van der Waals surface area contributed by atoms with Gasteiger partial charge in [0.05, 0.1) is 0 Å². The number of benzene rings is 1. The summed E-state index contributed by atoms with van der Waals surface area (Å²) in [5.41, 5.74) is 6.59. The number of aromatic nitrogens is 6. The molecular formula is C15H14N8O. The van der Waals surface area contributed by atoms with Crippen LogP contribution in [-0.2, 0) is 0 Å². The van der Waals surface area contributed by atoms with Crippen molar-refractivity contribution in [3.05, 3.63) is 48.3 Å². The van der Waals surface area contributed by atoms with Crippen LogP contribution in [0, 0.1) is 0 Å². The molecule has 3 N–H and O–H groups in total. The lowest BCUT2D eigenvalue weighted by Crippen LogP contribution is -2.28. The molecule has 0 spiro atoms. The summed E-state index contributed by atoms with van der Waals surface area (Å²) in [6, 6.07) is 8.52. The van der Waals surface area contributed by atoms with Crippen LogP contribution in [0.25, 0.3) is 23.0 Å². The largest absolute Gasteiger partial charge is 0.351 e. The maximum absolute atomic E-state index is 11.8. The van der Waals surface area contributed by atoms with Crippen molar-refractivity contribution in [3.8, 4) is 23.0 Å². The summed E-state index contributed by atoms with van der Waals surface area (Å²) in [5, 5.41) is 18.7. The molecule has 120 valence electrons. The van der Waals surface area contributed by atoms with Crippen molar-refractivity contribution in [1.29, 1.82) is 0 Å². The Bertz CT molecular complexity index is 805. The lowest BCUT2D eigenvalue weighted by molar-refractivity contribution is 0.0955. The van der Waals surface area contributed by atoms with Crippen LogP contribution in [0.15, 0.2) is 42.7 Å². The van der Waals surface area contributed by atoms with Gasteiger partial charge in [-0.15, -0.1) is 20.4 Å². The molecule has 0 radical (unpaired) electrons. The molecule has 2 heterocycles. The van der Waals surface area contributed by atoms with E-state index in [1.165, 1.54) is 0 Å². The van der Waals surface area contributed by atoms with E-state index in [1.54, 1.807) is 42.7 Å². The molecule has 9 heteroatoms. The quantitative estimate of drug-likeness (QED) is 0.674. The minimum Gasteiger partial charge on any atom is -0.351 e. The number of hydrogen-bond acceptors (Lipinski definition) is 8. The number of nitrogens with one attached hydrogen (secondary N) is 1. The molecule has 0 aliphatic heterocycles. The van der Waals surface area contributed by atoms with Crippen LogP contribution in [-0.4, -0.2) is 49.4 Å². The summed E-state index contributed by atoms with van der Waals surface area (Å²) in [6.07, 6.45) is 3.18. The number of nitrogens with zero attached hydrogens (tertiary/aromatic N) is 6. The fraction of sp³-hybridized carbons (Fsp3) is 0.133. The number of carbonyl (C=O) groups is 1. The standard InChI is InChI=1S/C15H14N8O/c16-6-9-19-15(24)11-4-2-10(3-5-11)12-20-22-14(23-21-12)13-17-7-1-8-18-13/h1-5,7-8H,6,9,16H2,(H,19,24). The smallest absolute Gasteiger partial charge is 0.251 e. The van der Waals surface area contributed by atoms with E-state index in [4.69, 9.17) is 5.73 Å². The van der Waals surface area contributed by atoms with Gasteiger partial charge in [0.1, 0.15) is 0 Å². The van der Waals surface area contributed by atoms with Crippen molar-refractivity contribution in [3.63, 3.8) is 0 Å². The molecule has 3 aromatic rings. The fourth-order valence-electron chi connectivity index (χ4n) is 1.91. The van der Waals surface area contributed by atoms with Crippen molar-refractivity contribution in [2.24, 2.45) is 5.73 Å². The second-order valence-electron chi connectivity index (χ2n) is 4.74. The van der Waals surface area contributed by atoms with Crippen LogP contribution in [0.1, 0.15) is 10.4 Å². The van der Waals surface area contributed by atoms with Gasteiger partial charge in [0.25, 0.3) is 5.91 Å². The highest BCUT2D eigenvalue weighted by atomic mass is 16.1. The van der Waals surface area contributed by atoms with Crippen LogP contribution >= 0.6 is 0 Å². The summed E-state index contributed by atoms with van der Waals surface area (Å²) >= 11 is 0. The maximum Gasteiger partial charge on any atom is 0.251 e. The van der Waals surface area contributed by atoms with E-state index >= 15 is 0 Å². The number of hydrogen-bond donors (Lipinski definition) is 2. The maximum atomic E-state index is 11.8. The van der Waals surface area contributed by atoms with Crippen molar-refractivity contribution in [2.45, 2.75) is 0 Å². The second-order valence-corrected chi connectivity index (χ2v) is 4.74. The third kappa shape index (κ3) is 3.52. The Hall–Kier alpha value is -3.33. The van der Waals surface area contributed by atoms with Crippen LogP contribution in [0.4, 0.5) is 0 Å². The molecule has 0 unspecified atom stereocenters. The van der Waals surface area contributed by atoms with E-state index in [0.717, 1.165) is 0 Å². The molecule has 0 bridgehead atoms. The first kappa shape index (κ1) is 15.6. The molecule has 9 nitrogen and oxygen atoms in total. The summed E-state index contributed by atoms with van der Waals surface area (Å²) in [5.74, 6) is 0.775. The molecule has 1 amide bonds. The van der Waals surface area contributed by atoms with E-state index in [1.807, 2.05) is 0 Å². The number of carbonyl (C=O) groups excluding carboxylic acids is 1. The van der Waals surface area contributed by atoms with Crippen molar-refractivity contribution in [1.82, 2.24) is 35.7 Å². The Morgan fingerprint density at radius 1 is 0.917 bits per heavy atom. The molecule has 0 fully saturated rings. The van der Waals surface area contributed by atoms with Gasteiger partial charge in [-0.2, -0.15) is 0 Å². The minimum atomic E-state index is -0.180. The van der Waals surface area contributed by atoms with Crippen LogP contribution in [0.2, 0.25) is 0 Å². The van der Waals surface area contributed by atoms with Gasteiger partial charge < -0.3 is 11.1 Å². The number of rotatable bonds is 5. The average molecular weight is 322 g/mol. The lowest BCUT2D eigenvalue weighted by atomic mass is 10.1. The average Bonchev–Trinajstić information content (AvgIpc) is 2.67. The van der Waals surface area contributed by atoms with Gasteiger partial charge in [-0.05, 0) is 18.2 Å². The summed E-state index contributed by atoms with van der Waals surface area (Å²) in [6.45, 7) is 0.826. The third-order valence-corrected chi connectivity index (χ3v) is 3.08. The van der Waals surface area contributed by atoms with E-state index in [0.29, 0.717) is 35.9 Å². The van der Waals surface area contributed by atoms with Gasteiger partial charge in [0, 0.05) is 36.6 Å². The molecule has 3 rings (SSSR count). The molecule has 0 saturated carbocycles. The summed E-state index contributed by atoms with van der Waals surface area (Å²) in [4.78, 5) is 19.9. The Kier molecular flexibility index (Phi) is 4.73. The molecule has 2 aromatic heterocycles. The molecule has 0 aliphatic carbocycles. The molecule has 0 saturated heterocycles. The number of nitrogens with two attached hydrogens (primary N) is 1. The predicted octanol–water partition coefficient (Wildman–Crippen LogP) is 0.0791. The van der Waals surface area contributed by atoms with Gasteiger partial charge >= 0.3 is 0 Å². The van der Waals surface area contributed by atoms with Gasteiger partial charge in [-0.3, -0.25) is 4.79 Å². The Morgan fingerprint density at radius 2 is 1.54 bits per heavy atom. The first-order chi connectivity index (χ1) is 11.8. The highest BCUT2D eigenvalue weighted by Crippen LogP contribution is 2.15. The molecule has 24 heavy (non-hydrogen) atoms. The highest BCUT2D eigenvalue weighted by molar-refractivity contribution is 5.94. The normalized spacial score (nSPS) is 10.4. The Morgan fingerprint density at radius 3 is 2.17 bits per heavy atom. The summed E-state index contributed by atoms with van der Waals surface area (Å²) in [7, 11) is 0.